The van der Waals surface area contributed by atoms with Crippen LogP contribution < -0.4 is 15.4 Å². The summed E-state index contributed by atoms with van der Waals surface area (Å²) >= 11 is 0. The van der Waals surface area contributed by atoms with Crippen molar-refractivity contribution in [1.29, 1.82) is 0 Å². The van der Waals surface area contributed by atoms with Crippen LogP contribution in [0.4, 0.5) is 11.4 Å². The standard InChI is InChI=1S/C14H15N3O2/c1-17(10-5-4-8-16-9-10)14(18)11-6-3-7-12(15)13(11)19-2/h3-9H,15H2,1-2H3. The van der Waals surface area contributed by atoms with Crippen molar-refractivity contribution in [3.8, 4) is 5.75 Å². The Morgan fingerprint density at radius 2 is 2.11 bits per heavy atom. The zero-order valence-corrected chi connectivity index (χ0v) is 10.8. The number of hydrogen-bond acceptors (Lipinski definition) is 4. The van der Waals surface area contributed by atoms with Crippen molar-refractivity contribution in [3.63, 3.8) is 0 Å². The number of anilines is 2. The molecule has 0 unspecified atom stereocenters. The topological polar surface area (TPSA) is 68.5 Å². The van der Waals surface area contributed by atoms with Gasteiger partial charge in [-0.2, -0.15) is 0 Å². The molecule has 5 heteroatoms. The summed E-state index contributed by atoms with van der Waals surface area (Å²) in [6.45, 7) is 0. The predicted octanol–water partition coefficient (Wildman–Crippen LogP) is 1.95. The van der Waals surface area contributed by atoms with E-state index < -0.39 is 0 Å². The van der Waals surface area contributed by atoms with Gasteiger partial charge in [-0.3, -0.25) is 9.78 Å². The third-order valence-corrected chi connectivity index (χ3v) is 2.82. The largest absolute Gasteiger partial charge is 0.494 e. The lowest BCUT2D eigenvalue weighted by Crippen LogP contribution is -2.26. The molecule has 0 aliphatic heterocycles. The lowest BCUT2D eigenvalue weighted by Gasteiger charge is -2.18. The summed E-state index contributed by atoms with van der Waals surface area (Å²) in [6.07, 6.45) is 3.28. The Bertz CT molecular complexity index is 584. The molecule has 19 heavy (non-hydrogen) atoms. The number of amides is 1. The third-order valence-electron chi connectivity index (χ3n) is 2.82. The maximum absolute atomic E-state index is 12.4. The number of aromatic nitrogens is 1. The zero-order chi connectivity index (χ0) is 13.8. The van der Waals surface area contributed by atoms with Crippen LogP contribution >= 0.6 is 0 Å². The van der Waals surface area contributed by atoms with Crippen molar-refractivity contribution in [2.24, 2.45) is 0 Å². The first-order valence-electron chi connectivity index (χ1n) is 5.75. The van der Waals surface area contributed by atoms with Crippen LogP contribution in [0.15, 0.2) is 42.7 Å². The molecule has 0 saturated carbocycles. The van der Waals surface area contributed by atoms with E-state index in [9.17, 15) is 4.79 Å². The molecule has 2 rings (SSSR count). The Morgan fingerprint density at radius 1 is 1.32 bits per heavy atom. The molecule has 0 bridgehead atoms. The van der Waals surface area contributed by atoms with Gasteiger partial charge in [0.15, 0.2) is 5.75 Å². The van der Waals surface area contributed by atoms with Gasteiger partial charge in [0.25, 0.3) is 5.91 Å². The number of ether oxygens (including phenoxy) is 1. The molecule has 2 N–H and O–H groups in total. The molecular formula is C14H15N3O2. The fourth-order valence-corrected chi connectivity index (χ4v) is 1.80. The van der Waals surface area contributed by atoms with Crippen LogP contribution in [0, 0.1) is 0 Å². The first kappa shape index (κ1) is 12.9. The molecule has 0 aliphatic carbocycles. The van der Waals surface area contributed by atoms with Gasteiger partial charge in [0.2, 0.25) is 0 Å². The summed E-state index contributed by atoms with van der Waals surface area (Å²) in [5.41, 5.74) is 7.37. The van der Waals surface area contributed by atoms with Crippen molar-refractivity contribution < 1.29 is 9.53 Å². The highest BCUT2D eigenvalue weighted by atomic mass is 16.5. The van der Waals surface area contributed by atoms with E-state index in [4.69, 9.17) is 10.5 Å². The average Bonchev–Trinajstić information content (AvgIpc) is 2.46. The SMILES string of the molecule is COc1c(N)cccc1C(=O)N(C)c1cccnc1. The quantitative estimate of drug-likeness (QED) is 0.853. The zero-order valence-electron chi connectivity index (χ0n) is 10.8. The monoisotopic (exact) mass is 257 g/mol. The van der Waals surface area contributed by atoms with E-state index >= 15 is 0 Å². The van der Waals surface area contributed by atoms with Crippen LogP contribution in [0.2, 0.25) is 0 Å². The number of para-hydroxylation sites is 1. The second-order valence-corrected chi connectivity index (χ2v) is 4.00. The number of rotatable bonds is 3. The van der Waals surface area contributed by atoms with Crippen LogP contribution in [-0.2, 0) is 0 Å². The minimum absolute atomic E-state index is 0.197. The summed E-state index contributed by atoms with van der Waals surface area (Å²) in [5, 5.41) is 0. The van der Waals surface area contributed by atoms with Crippen molar-refractivity contribution in [2.45, 2.75) is 0 Å². The molecule has 2 aromatic rings. The minimum Gasteiger partial charge on any atom is -0.494 e. The summed E-state index contributed by atoms with van der Waals surface area (Å²) in [6, 6.07) is 8.69. The third kappa shape index (κ3) is 2.49. The second kappa shape index (κ2) is 5.39. The molecule has 98 valence electrons. The van der Waals surface area contributed by atoms with Gasteiger partial charge in [-0.15, -0.1) is 0 Å². The first-order valence-corrected chi connectivity index (χ1v) is 5.75. The van der Waals surface area contributed by atoms with Gasteiger partial charge in [-0.05, 0) is 24.3 Å². The number of methoxy groups -OCH3 is 1. The van der Waals surface area contributed by atoms with Gasteiger partial charge < -0.3 is 15.4 Å². The molecular weight excluding hydrogens is 242 g/mol. The van der Waals surface area contributed by atoms with E-state index in [2.05, 4.69) is 4.98 Å². The molecule has 1 heterocycles. The maximum atomic E-state index is 12.4. The van der Waals surface area contributed by atoms with Gasteiger partial charge in [0.05, 0.1) is 30.2 Å². The molecule has 0 fully saturated rings. The van der Waals surface area contributed by atoms with E-state index in [1.54, 1.807) is 43.7 Å². The molecule has 5 nitrogen and oxygen atoms in total. The predicted molar refractivity (Wildman–Crippen MR) is 74.4 cm³/mol. The lowest BCUT2D eigenvalue weighted by atomic mass is 10.1. The lowest BCUT2D eigenvalue weighted by molar-refractivity contribution is 0.0990. The number of benzene rings is 1. The molecule has 0 atom stereocenters. The number of hydrogen-bond donors (Lipinski definition) is 1. The number of nitrogens with two attached hydrogens (primary N) is 1. The molecule has 0 aliphatic rings. The van der Waals surface area contributed by atoms with E-state index in [1.165, 1.54) is 12.0 Å². The van der Waals surface area contributed by atoms with E-state index in [0.717, 1.165) is 0 Å². The Kier molecular flexibility index (Phi) is 3.66. The van der Waals surface area contributed by atoms with Crippen LogP contribution in [0.5, 0.6) is 5.75 Å². The maximum Gasteiger partial charge on any atom is 0.261 e. The molecule has 0 spiro atoms. The van der Waals surface area contributed by atoms with E-state index in [0.29, 0.717) is 22.7 Å². The highest BCUT2D eigenvalue weighted by molar-refractivity contribution is 6.08. The molecule has 1 aromatic heterocycles. The number of carbonyl (C=O) groups is 1. The second-order valence-electron chi connectivity index (χ2n) is 4.00. The Labute approximate surface area is 111 Å². The first-order chi connectivity index (χ1) is 9.15. The summed E-state index contributed by atoms with van der Waals surface area (Å²) < 4.78 is 5.20. The Balaban J connectivity index is 2.37. The highest BCUT2D eigenvalue weighted by Crippen LogP contribution is 2.27. The van der Waals surface area contributed by atoms with Crippen LogP contribution in [0.1, 0.15) is 10.4 Å². The molecule has 0 radical (unpaired) electrons. The van der Waals surface area contributed by atoms with Crippen LogP contribution in [-0.4, -0.2) is 25.0 Å². The van der Waals surface area contributed by atoms with Crippen molar-refractivity contribution >= 4 is 17.3 Å². The van der Waals surface area contributed by atoms with Crippen molar-refractivity contribution in [2.75, 3.05) is 24.8 Å². The molecule has 1 aromatic carbocycles. The van der Waals surface area contributed by atoms with Gasteiger partial charge in [-0.25, -0.2) is 0 Å². The summed E-state index contributed by atoms with van der Waals surface area (Å²) in [4.78, 5) is 17.9. The Morgan fingerprint density at radius 3 is 2.74 bits per heavy atom. The van der Waals surface area contributed by atoms with Gasteiger partial charge in [0, 0.05) is 13.2 Å². The molecule has 1 amide bonds. The van der Waals surface area contributed by atoms with Crippen molar-refractivity contribution in [1.82, 2.24) is 4.98 Å². The van der Waals surface area contributed by atoms with Crippen LogP contribution in [0.25, 0.3) is 0 Å². The smallest absolute Gasteiger partial charge is 0.261 e. The van der Waals surface area contributed by atoms with E-state index in [1.807, 2.05) is 6.07 Å². The van der Waals surface area contributed by atoms with Gasteiger partial charge in [-0.1, -0.05) is 6.07 Å². The summed E-state index contributed by atoms with van der Waals surface area (Å²) in [7, 11) is 3.18. The minimum atomic E-state index is -0.197. The summed E-state index contributed by atoms with van der Waals surface area (Å²) in [5.74, 6) is 0.195. The fraction of sp³-hybridized carbons (Fsp3) is 0.143. The normalized spacial score (nSPS) is 10.0. The number of nitrogen functional groups attached to an aromatic ring is 1. The average molecular weight is 257 g/mol. The fourth-order valence-electron chi connectivity index (χ4n) is 1.80. The number of carbonyl (C=O) groups excluding carboxylic acids is 1. The molecule has 0 saturated heterocycles. The van der Waals surface area contributed by atoms with Gasteiger partial charge >= 0.3 is 0 Å². The van der Waals surface area contributed by atoms with Crippen LogP contribution in [0.3, 0.4) is 0 Å². The van der Waals surface area contributed by atoms with Gasteiger partial charge in [0.1, 0.15) is 0 Å². The van der Waals surface area contributed by atoms with Crippen molar-refractivity contribution in [3.05, 3.63) is 48.3 Å². The number of pyridine rings is 1. The van der Waals surface area contributed by atoms with E-state index in [-0.39, 0.29) is 5.91 Å². The Hall–Kier alpha value is -2.56. The number of nitrogens with zero attached hydrogens (tertiary/aromatic N) is 2. The highest BCUT2D eigenvalue weighted by Gasteiger charge is 2.19.